The minimum absolute atomic E-state index is 0.115. The predicted molar refractivity (Wildman–Crippen MR) is 63.6 cm³/mol. The van der Waals surface area contributed by atoms with Crippen LogP contribution in [0.25, 0.3) is 0 Å². The second-order valence-corrected chi connectivity index (χ2v) is 6.66. The minimum atomic E-state index is -4.25. The molecule has 0 radical (unpaired) electrons. The van der Waals surface area contributed by atoms with Gasteiger partial charge in [0, 0.05) is 33.3 Å². The van der Waals surface area contributed by atoms with Gasteiger partial charge in [0.25, 0.3) is 10.2 Å². The van der Waals surface area contributed by atoms with Gasteiger partial charge < -0.3 is 5.11 Å². The molecule has 1 saturated heterocycles. The lowest BCUT2D eigenvalue weighted by atomic mass is 9.98. The van der Waals surface area contributed by atoms with Crippen molar-refractivity contribution >= 4 is 10.2 Å². The average molecular weight is 304 g/mol. The summed E-state index contributed by atoms with van der Waals surface area (Å²) in [5.74, 6) is -1.42. The van der Waals surface area contributed by atoms with Crippen molar-refractivity contribution in [3.05, 3.63) is 0 Å². The summed E-state index contributed by atoms with van der Waals surface area (Å²) < 4.78 is 63.7. The molecule has 0 aliphatic carbocycles. The van der Waals surface area contributed by atoms with E-state index in [9.17, 15) is 21.6 Å². The third-order valence-electron chi connectivity index (χ3n) is 3.27. The largest absolute Gasteiger partial charge is 0.396 e. The van der Waals surface area contributed by atoms with Crippen molar-refractivity contribution in [3.8, 4) is 0 Å². The molecule has 1 aliphatic heterocycles. The first-order valence-corrected chi connectivity index (χ1v) is 7.48. The molecule has 9 heteroatoms. The lowest BCUT2D eigenvalue weighted by Crippen LogP contribution is -2.47. The first-order valence-electron chi connectivity index (χ1n) is 6.08. The Hall–Kier alpha value is -0.380. The lowest BCUT2D eigenvalue weighted by molar-refractivity contribution is -0.182. The fraction of sp³-hybridized carbons (Fsp3) is 1.00. The van der Waals surface area contributed by atoms with E-state index in [1.807, 2.05) is 0 Å². The molecule has 1 aliphatic rings. The van der Waals surface area contributed by atoms with Crippen molar-refractivity contribution < 1.29 is 26.7 Å². The number of aliphatic hydroxyl groups is 1. The van der Waals surface area contributed by atoms with Crippen LogP contribution in [0, 0.1) is 5.92 Å². The quantitative estimate of drug-likeness (QED) is 0.818. The van der Waals surface area contributed by atoms with Crippen LogP contribution < -0.4 is 0 Å². The summed E-state index contributed by atoms with van der Waals surface area (Å²) in [4.78, 5) is 0. The van der Waals surface area contributed by atoms with E-state index in [4.69, 9.17) is 5.11 Å². The number of alkyl halides is 3. The maximum atomic E-state index is 12.5. The number of hydrogen-bond donors (Lipinski definition) is 1. The third kappa shape index (κ3) is 4.30. The van der Waals surface area contributed by atoms with E-state index < -0.39 is 22.3 Å². The number of hydrogen-bond acceptors (Lipinski definition) is 3. The van der Waals surface area contributed by atoms with Crippen LogP contribution in [0.1, 0.15) is 19.3 Å². The van der Waals surface area contributed by atoms with E-state index in [0.717, 1.165) is 8.61 Å². The molecular formula is C10H19F3N2O3S. The van der Waals surface area contributed by atoms with Gasteiger partial charge >= 0.3 is 6.18 Å². The number of piperidine rings is 1. The van der Waals surface area contributed by atoms with Crippen LogP contribution in [0.2, 0.25) is 0 Å². The van der Waals surface area contributed by atoms with Gasteiger partial charge in [-0.05, 0) is 19.3 Å². The Morgan fingerprint density at radius 1 is 1.32 bits per heavy atom. The third-order valence-corrected chi connectivity index (χ3v) is 5.26. The van der Waals surface area contributed by atoms with E-state index >= 15 is 0 Å². The highest BCUT2D eigenvalue weighted by molar-refractivity contribution is 7.86. The maximum Gasteiger partial charge on any atom is 0.391 e. The summed E-state index contributed by atoms with van der Waals surface area (Å²) in [5, 5.41) is 8.66. The monoisotopic (exact) mass is 304 g/mol. The highest BCUT2D eigenvalue weighted by atomic mass is 32.2. The smallest absolute Gasteiger partial charge is 0.391 e. The Labute approximate surface area is 111 Å². The van der Waals surface area contributed by atoms with Crippen LogP contribution in [-0.2, 0) is 10.2 Å². The highest BCUT2D eigenvalue weighted by Crippen LogP contribution is 2.34. The first-order chi connectivity index (χ1) is 8.69. The molecule has 1 rings (SSSR count). The average Bonchev–Trinajstić information content (AvgIpc) is 2.35. The first kappa shape index (κ1) is 16.7. The number of aliphatic hydroxyl groups excluding tert-OH is 1. The normalized spacial score (nSPS) is 20.1. The lowest BCUT2D eigenvalue weighted by Gasteiger charge is -2.34. The van der Waals surface area contributed by atoms with Crippen LogP contribution in [0.5, 0.6) is 0 Å². The van der Waals surface area contributed by atoms with Crippen molar-refractivity contribution in [2.24, 2.45) is 5.92 Å². The molecule has 0 aromatic carbocycles. The molecule has 1 N–H and O–H groups in total. The highest BCUT2D eigenvalue weighted by Gasteiger charge is 2.43. The van der Waals surface area contributed by atoms with E-state index in [0.29, 0.717) is 6.42 Å². The number of nitrogens with zero attached hydrogens (tertiary/aromatic N) is 2. The Kier molecular flexibility index (Phi) is 5.60. The molecular weight excluding hydrogens is 285 g/mol. The Balaban J connectivity index is 2.59. The SMILES string of the molecule is CN(CCCO)S(=O)(=O)N1CCC(C(F)(F)F)CC1. The second kappa shape index (κ2) is 6.38. The Morgan fingerprint density at radius 2 is 1.84 bits per heavy atom. The molecule has 0 aromatic rings. The standard InChI is InChI=1S/C10H19F3N2O3S/c1-14(5-2-8-16)19(17,18)15-6-3-9(4-7-15)10(11,12)13/h9,16H,2-8H2,1H3. The molecule has 0 bridgehead atoms. The molecule has 1 fully saturated rings. The molecule has 19 heavy (non-hydrogen) atoms. The van der Waals surface area contributed by atoms with Gasteiger partial charge in [-0.2, -0.15) is 30.2 Å². The van der Waals surface area contributed by atoms with Crippen molar-refractivity contribution in [1.29, 1.82) is 0 Å². The van der Waals surface area contributed by atoms with E-state index in [2.05, 4.69) is 0 Å². The van der Waals surface area contributed by atoms with Crippen molar-refractivity contribution in [3.63, 3.8) is 0 Å². The zero-order valence-corrected chi connectivity index (χ0v) is 11.5. The second-order valence-electron chi connectivity index (χ2n) is 4.62. The fourth-order valence-corrected chi connectivity index (χ4v) is 3.45. The van der Waals surface area contributed by atoms with Gasteiger partial charge in [-0.25, -0.2) is 0 Å². The maximum absolute atomic E-state index is 12.5. The van der Waals surface area contributed by atoms with Gasteiger partial charge in [-0.1, -0.05) is 0 Å². The zero-order chi connectivity index (χ0) is 14.7. The van der Waals surface area contributed by atoms with Gasteiger partial charge in [0.05, 0.1) is 5.92 Å². The van der Waals surface area contributed by atoms with Gasteiger partial charge in [0.2, 0.25) is 0 Å². The summed E-state index contributed by atoms with van der Waals surface area (Å²) >= 11 is 0. The molecule has 114 valence electrons. The number of halogens is 3. The Bertz CT molecular complexity index is 378. The van der Waals surface area contributed by atoms with Crippen LogP contribution in [0.15, 0.2) is 0 Å². The molecule has 0 aromatic heterocycles. The molecule has 0 saturated carbocycles. The molecule has 5 nitrogen and oxygen atoms in total. The molecule has 0 spiro atoms. The summed E-state index contributed by atoms with van der Waals surface area (Å²) in [6.07, 6.45) is -4.35. The van der Waals surface area contributed by atoms with E-state index in [1.54, 1.807) is 0 Å². The van der Waals surface area contributed by atoms with Crippen molar-refractivity contribution in [2.75, 3.05) is 33.3 Å². The van der Waals surface area contributed by atoms with Crippen LogP contribution in [0.3, 0.4) is 0 Å². The minimum Gasteiger partial charge on any atom is -0.396 e. The van der Waals surface area contributed by atoms with Crippen molar-refractivity contribution in [2.45, 2.75) is 25.4 Å². The van der Waals surface area contributed by atoms with Gasteiger partial charge in [-0.3, -0.25) is 0 Å². The van der Waals surface area contributed by atoms with Crippen molar-refractivity contribution in [1.82, 2.24) is 8.61 Å². The van der Waals surface area contributed by atoms with Gasteiger partial charge in [-0.15, -0.1) is 0 Å². The molecule has 0 atom stereocenters. The van der Waals surface area contributed by atoms with Gasteiger partial charge in [0.15, 0.2) is 0 Å². The van der Waals surface area contributed by atoms with Crippen LogP contribution in [0.4, 0.5) is 13.2 Å². The topological polar surface area (TPSA) is 60.9 Å². The molecule has 0 amide bonds. The number of rotatable bonds is 5. The molecule has 0 unspecified atom stereocenters. The summed E-state index contributed by atoms with van der Waals surface area (Å²) in [6.45, 7) is -0.208. The fourth-order valence-electron chi connectivity index (χ4n) is 2.02. The Morgan fingerprint density at radius 3 is 2.26 bits per heavy atom. The summed E-state index contributed by atoms with van der Waals surface area (Å²) in [5.41, 5.74) is 0. The van der Waals surface area contributed by atoms with Gasteiger partial charge in [0.1, 0.15) is 0 Å². The predicted octanol–water partition coefficient (Wildman–Crippen LogP) is 0.820. The van der Waals surface area contributed by atoms with Crippen LogP contribution in [-0.4, -0.2) is 61.6 Å². The van der Waals surface area contributed by atoms with E-state index in [-0.39, 0.29) is 39.1 Å². The zero-order valence-electron chi connectivity index (χ0n) is 10.7. The van der Waals surface area contributed by atoms with E-state index in [1.165, 1.54) is 7.05 Å². The summed E-state index contributed by atoms with van der Waals surface area (Å²) in [6, 6.07) is 0. The summed E-state index contributed by atoms with van der Waals surface area (Å²) in [7, 11) is -2.35. The van der Waals surface area contributed by atoms with Crippen LogP contribution >= 0.6 is 0 Å². The molecule has 1 heterocycles.